The predicted octanol–water partition coefficient (Wildman–Crippen LogP) is 2.14. The smallest absolute Gasteiger partial charge is 0.347 e. The van der Waals surface area contributed by atoms with E-state index >= 15 is 0 Å². The maximum atomic E-state index is 12.0. The fraction of sp³-hybridized carbons (Fsp3) is 0.909. The summed E-state index contributed by atoms with van der Waals surface area (Å²) in [4.78, 5) is 11.9. The first-order valence-electron chi connectivity index (χ1n) is 5.89. The summed E-state index contributed by atoms with van der Waals surface area (Å²) in [5, 5.41) is 2.02. The van der Waals surface area contributed by atoms with E-state index in [1.54, 1.807) is 0 Å². The lowest BCUT2D eigenvalue weighted by Gasteiger charge is -2.50. The maximum absolute atomic E-state index is 12.0. The third kappa shape index (κ3) is 3.09. The molecule has 0 saturated heterocycles. The predicted molar refractivity (Wildman–Crippen MR) is 63.4 cm³/mol. The van der Waals surface area contributed by atoms with Gasteiger partial charge in [-0.05, 0) is 38.5 Å². The van der Waals surface area contributed by atoms with Crippen LogP contribution >= 0.6 is 12.4 Å². The Morgan fingerprint density at radius 3 is 1.94 bits per heavy atom. The molecule has 0 atom stereocenters. The average molecular weight is 287 g/mol. The van der Waals surface area contributed by atoms with Crippen molar-refractivity contribution in [2.24, 2.45) is 11.1 Å². The first-order chi connectivity index (χ1) is 7.75. The van der Waals surface area contributed by atoms with Crippen molar-refractivity contribution < 1.29 is 18.0 Å². The molecule has 0 radical (unpaired) electrons. The van der Waals surface area contributed by atoms with Gasteiger partial charge in [-0.2, -0.15) is 13.2 Å². The van der Waals surface area contributed by atoms with E-state index in [-0.39, 0.29) is 17.9 Å². The molecule has 2 bridgehead atoms. The molecule has 3 aliphatic carbocycles. The molecular formula is C11H18ClF3N2O. The van der Waals surface area contributed by atoms with Gasteiger partial charge in [0.15, 0.2) is 0 Å². The zero-order valence-corrected chi connectivity index (χ0v) is 10.8. The summed E-state index contributed by atoms with van der Waals surface area (Å²) in [5.41, 5.74) is 5.32. The van der Waals surface area contributed by atoms with Crippen molar-refractivity contribution in [3.63, 3.8) is 0 Å². The Labute approximate surface area is 110 Å². The third-order valence-corrected chi connectivity index (χ3v) is 4.24. The Bertz CT molecular complexity index is 308. The van der Waals surface area contributed by atoms with E-state index < -0.39 is 24.0 Å². The van der Waals surface area contributed by atoms with Crippen LogP contribution in [0.4, 0.5) is 13.2 Å². The number of rotatable bonds is 2. The molecule has 3 nitrogen and oxygen atoms in total. The molecule has 0 aromatic rings. The minimum atomic E-state index is -4.34. The van der Waals surface area contributed by atoms with Crippen LogP contribution in [0.2, 0.25) is 0 Å². The maximum Gasteiger partial charge on any atom is 0.405 e. The Hall–Kier alpha value is -0.490. The number of amides is 1. The zero-order chi connectivity index (χ0) is 12.7. The number of nitrogens with one attached hydrogen (secondary N) is 1. The lowest BCUT2D eigenvalue weighted by Crippen LogP contribution is -2.57. The van der Waals surface area contributed by atoms with Gasteiger partial charge in [-0.25, -0.2) is 0 Å². The second-order valence-corrected chi connectivity index (χ2v) is 5.44. The summed E-state index contributed by atoms with van der Waals surface area (Å²) in [7, 11) is 0. The monoisotopic (exact) mass is 286 g/mol. The Kier molecular flexibility index (Phi) is 4.23. The van der Waals surface area contributed by atoms with Gasteiger partial charge in [0.2, 0.25) is 5.91 Å². The number of carbonyl (C=O) groups is 1. The molecule has 7 heteroatoms. The molecule has 0 aromatic carbocycles. The lowest BCUT2D eigenvalue weighted by atomic mass is 9.57. The molecule has 1 amide bonds. The van der Waals surface area contributed by atoms with Crippen LogP contribution in [0.5, 0.6) is 0 Å². The summed E-state index contributed by atoms with van der Waals surface area (Å²) in [6.07, 6.45) is -0.258. The SMILES string of the molecule is Cl.NC12CCC(C(=O)NCC(F)(F)F)(CC1)CC2. The van der Waals surface area contributed by atoms with Crippen LogP contribution in [0.15, 0.2) is 0 Å². The van der Waals surface area contributed by atoms with Crippen molar-refractivity contribution in [1.82, 2.24) is 5.32 Å². The minimum absolute atomic E-state index is 0. The summed E-state index contributed by atoms with van der Waals surface area (Å²) >= 11 is 0. The molecule has 3 saturated carbocycles. The standard InChI is InChI=1S/C11H17F3N2O.ClH/c12-11(13,14)7-16-8(17)9-1-4-10(15,5-2-9)6-3-9;/h1-7,15H2,(H,16,17);1H. The topological polar surface area (TPSA) is 55.1 Å². The highest BCUT2D eigenvalue weighted by atomic mass is 35.5. The van der Waals surface area contributed by atoms with E-state index in [4.69, 9.17) is 5.73 Å². The molecule has 106 valence electrons. The van der Waals surface area contributed by atoms with Gasteiger partial charge in [0.05, 0.1) is 0 Å². The van der Waals surface area contributed by atoms with Crippen LogP contribution in [-0.2, 0) is 4.79 Å². The molecule has 0 heterocycles. The van der Waals surface area contributed by atoms with Gasteiger partial charge < -0.3 is 11.1 Å². The van der Waals surface area contributed by atoms with Gasteiger partial charge in [-0.1, -0.05) is 0 Å². The van der Waals surface area contributed by atoms with Crippen molar-refractivity contribution in [2.45, 2.75) is 50.2 Å². The van der Waals surface area contributed by atoms with Gasteiger partial charge in [0, 0.05) is 11.0 Å². The highest BCUT2D eigenvalue weighted by Gasteiger charge is 2.51. The number of alkyl halides is 3. The van der Waals surface area contributed by atoms with Gasteiger partial charge in [-0.3, -0.25) is 4.79 Å². The molecule has 3 N–H and O–H groups in total. The second kappa shape index (κ2) is 4.89. The van der Waals surface area contributed by atoms with Crippen molar-refractivity contribution in [3.05, 3.63) is 0 Å². The molecule has 0 unspecified atom stereocenters. The largest absolute Gasteiger partial charge is 0.405 e. The van der Waals surface area contributed by atoms with Crippen LogP contribution in [0, 0.1) is 5.41 Å². The number of halogens is 4. The summed E-state index contributed by atoms with van der Waals surface area (Å²) < 4.78 is 36.1. The minimum Gasteiger partial charge on any atom is -0.347 e. The number of hydrogen-bond donors (Lipinski definition) is 2. The number of carbonyl (C=O) groups excluding carboxylic acids is 1. The fourth-order valence-corrected chi connectivity index (χ4v) is 2.92. The molecular weight excluding hydrogens is 269 g/mol. The average Bonchev–Trinajstić information content (AvgIpc) is 2.26. The lowest BCUT2D eigenvalue weighted by molar-refractivity contribution is -0.149. The molecule has 18 heavy (non-hydrogen) atoms. The first-order valence-corrected chi connectivity index (χ1v) is 5.89. The Morgan fingerprint density at radius 1 is 1.11 bits per heavy atom. The van der Waals surface area contributed by atoms with Crippen molar-refractivity contribution in [1.29, 1.82) is 0 Å². The third-order valence-electron chi connectivity index (χ3n) is 4.24. The van der Waals surface area contributed by atoms with E-state index in [1.807, 2.05) is 5.32 Å². The van der Waals surface area contributed by atoms with Crippen molar-refractivity contribution in [3.8, 4) is 0 Å². The molecule has 0 spiro atoms. The summed E-state index contributed by atoms with van der Waals surface area (Å²) in [6, 6.07) is 0. The Balaban J connectivity index is 0.00000162. The van der Waals surface area contributed by atoms with Crippen LogP contribution in [0.25, 0.3) is 0 Å². The first kappa shape index (κ1) is 15.6. The molecule has 3 aliphatic rings. The zero-order valence-electron chi connectivity index (χ0n) is 9.98. The normalized spacial score (nSPS) is 34.9. The van der Waals surface area contributed by atoms with Gasteiger partial charge in [0.1, 0.15) is 6.54 Å². The molecule has 3 rings (SSSR count). The van der Waals surface area contributed by atoms with Crippen molar-refractivity contribution in [2.75, 3.05) is 6.54 Å². The van der Waals surface area contributed by atoms with E-state index in [2.05, 4.69) is 0 Å². The summed E-state index contributed by atoms with van der Waals surface area (Å²) in [5.74, 6) is -0.448. The van der Waals surface area contributed by atoms with Crippen LogP contribution in [0.1, 0.15) is 38.5 Å². The van der Waals surface area contributed by atoms with Crippen LogP contribution < -0.4 is 11.1 Å². The van der Waals surface area contributed by atoms with E-state index in [0.29, 0.717) is 19.3 Å². The van der Waals surface area contributed by atoms with Gasteiger partial charge in [-0.15, -0.1) is 12.4 Å². The highest BCUT2D eigenvalue weighted by molar-refractivity contribution is 5.85. The van der Waals surface area contributed by atoms with E-state index in [0.717, 1.165) is 19.3 Å². The highest BCUT2D eigenvalue weighted by Crippen LogP contribution is 2.51. The van der Waals surface area contributed by atoms with Crippen LogP contribution in [0.3, 0.4) is 0 Å². The molecule has 3 fully saturated rings. The molecule has 0 aromatic heterocycles. The quantitative estimate of drug-likeness (QED) is 0.817. The van der Waals surface area contributed by atoms with Crippen LogP contribution in [-0.4, -0.2) is 24.2 Å². The van der Waals surface area contributed by atoms with Gasteiger partial charge >= 0.3 is 6.18 Å². The fourth-order valence-electron chi connectivity index (χ4n) is 2.92. The number of hydrogen-bond acceptors (Lipinski definition) is 2. The number of nitrogens with two attached hydrogens (primary N) is 1. The molecule has 0 aliphatic heterocycles. The van der Waals surface area contributed by atoms with Gasteiger partial charge in [0.25, 0.3) is 0 Å². The van der Waals surface area contributed by atoms with Crippen molar-refractivity contribution >= 4 is 18.3 Å². The number of fused-ring (bicyclic) bond motifs is 3. The Morgan fingerprint density at radius 2 is 1.56 bits per heavy atom. The second-order valence-electron chi connectivity index (χ2n) is 5.44. The van der Waals surface area contributed by atoms with E-state index in [9.17, 15) is 18.0 Å². The summed E-state index contributed by atoms with van der Waals surface area (Å²) in [6.45, 7) is -1.23. The van der Waals surface area contributed by atoms with E-state index in [1.165, 1.54) is 0 Å².